The Labute approximate surface area is 172 Å². The highest BCUT2D eigenvalue weighted by Gasteiger charge is 2.29. The molecule has 6 heteroatoms. The van der Waals surface area contributed by atoms with E-state index < -0.39 is 0 Å². The molecule has 0 saturated heterocycles. The van der Waals surface area contributed by atoms with Crippen LogP contribution in [0.2, 0.25) is 0 Å². The van der Waals surface area contributed by atoms with Gasteiger partial charge in [-0.3, -0.25) is 9.59 Å². The Bertz CT molecular complexity index is 877. The minimum absolute atomic E-state index is 0.0328. The molecule has 29 heavy (non-hydrogen) atoms. The van der Waals surface area contributed by atoms with Gasteiger partial charge in [0, 0.05) is 38.8 Å². The molecule has 6 nitrogen and oxygen atoms in total. The molecule has 0 aromatic heterocycles. The van der Waals surface area contributed by atoms with Crippen molar-refractivity contribution in [3.63, 3.8) is 0 Å². The molecule has 0 aliphatic carbocycles. The average molecular weight is 396 g/mol. The van der Waals surface area contributed by atoms with Crippen molar-refractivity contribution in [1.82, 2.24) is 9.80 Å². The highest BCUT2D eigenvalue weighted by atomic mass is 16.5. The van der Waals surface area contributed by atoms with E-state index in [0.29, 0.717) is 31.7 Å². The van der Waals surface area contributed by atoms with E-state index in [2.05, 4.69) is 0 Å². The summed E-state index contributed by atoms with van der Waals surface area (Å²) in [6.07, 6.45) is 0.658. The first-order chi connectivity index (χ1) is 13.9. The van der Waals surface area contributed by atoms with Gasteiger partial charge in [-0.2, -0.15) is 0 Å². The van der Waals surface area contributed by atoms with Gasteiger partial charge in [0.1, 0.15) is 18.1 Å². The molecule has 0 saturated carbocycles. The third-order valence-corrected chi connectivity index (χ3v) is 5.20. The zero-order valence-corrected chi connectivity index (χ0v) is 17.5. The lowest BCUT2D eigenvalue weighted by atomic mass is 9.95. The fraction of sp³-hybridized carbons (Fsp3) is 0.391. The van der Waals surface area contributed by atoms with Crippen molar-refractivity contribution in [3.8, 4) is 11.5 Å². The number of nitrogens with zero attached hydrogens (tertiary/aromatic N) is 2. The largest absolute Gasteiger partial charge is 0.497 e. The molecule has 2 amide bonds. The highest BCUT2D eigenvalue weighted by molar-refractivity contribution is 5.93. The molecule has 0 spiro atoms. The Morgan fingerprint density at radius 3 is 2.48 bits per heavy atom. The molecule has 1 heterocycles. The molecule has 0 fully saturated rings. The van der Waals surface area contributed by atoms with E-state index in [1.807, 2.05) is 54.3 Å². The molecule has 2 aromatic rings. The second-order valence-electron chi connectivity index (χ2n) is 7.43. The molecule has 2 aromatic carbocycles. The van der Waals surface area contributed by atoms with Crippen molar-refractivity contribution in [1.29, 1.82) is 0 Å². The summed E-state index contributed by atoms with van der Waals surface area (Å²) in [6.45, 7) is 3.47. The van der Waals surface area contributed by atoms with Gasteiger partial charge in [0.25, 0.3) is 5.91 Å². The summed E-state index contributed by atoms with van der Waals surface area (Å²) >= 11 is 0. The SMILES string of the molecule is CCN(Cc1ccc(C(=O)N(C)C)cc1)C(=O)C1COc2cc(OC)ccc2C1. The molecule has 1 aliphatic rings. The van der Waals surface area contributed by atoms with Crippen molar-refractivity contribution < 1.29 is 19.1 Å². The number of carbonyl (C=O) groups excluding carboxylic acids is 2. The van der Waals surface area contributed by atoms with Gasteiger partial charge in [-0.25, -0.2) is 0 Å². The van der Waals surface area contributed by atoms with Crippen molar-refractivity contribution in [2.24, 2.45) is 5.92 Å². The van der Waals surface area contributed by atoms with Crippen LogP contribution < -0.4 is 9.47 Å². The van der Waals surface area contributed by atoms with Gasteiger partial charge >= 0.3 is 0 Å². The van der Waals surface area contributed by atoms with Gasteiger partial charge in [0.05, 0.1) is 13.0 Å². The van der Waals surface area contributed by atoms with Crippen LogP contribution in [-0.4, -0.2) is 56.0 Å². The second-order valence-corrected chi connectivity index (χ2v) is 7.43. The fourth-order valence-corrected chi connectivity index (χ4v) is 3.47. The Morgan fingerprint density at radius 2 is 1.86 bits per heavy atom. The van der Waals surface area contributed by atoms with Crippen molar-refractivity contribution in [2.75, 3.05) is 34.4 Å². The summed E-state index contributed by atoms with van der Waals surface area (Å²) in [5.41, 5.74) is 2.66. The van der Waals surface area contributed by atoms with Crippen LogP contribution in [0.1, 0.15) is 28.4 Å². The quantitative estimate of drug-likeness (QED) is 0.753. The fourth-order valence-electron chi connectivity index (χ4n) is 3.47. The molecule has 0 bridgehead atoms. The number of carbonyl (C=O) groups is 2. The zero-order valence-electron chi connectivity index (χ0n) is 17.5. The molecule has 1 aliphatic heterocycles. The topological polar surface area (TPSA) is 59.1 Å². The molecular weight excluding hydrogens is 368 g/mol. The van der Waals surface area contributed by atoms with E-state index in [4.69, 9.17) is 9.47 Å². The number of hydrogen-bond donors (Lipinski definition) is 0. The van der Waals surface area contributed by atoms with E-state index in [9.17, 15) is 9.59 Å². The summed E-state index contributed by atoms with van der Waals surface area (Å²) in [5.74, 6) is 1.39. The number of hydrogen-bond acceptors (Lipinski definition) is 4. The molecule has 154 valence electrons. The number of fused-ring (bicyclic) bond motifs is 1. The van der Waals surface area contributed by atoms with Crippen LogP contribution in [0.3, 0.4) is 0 Å². The first-order valence-electron chi connectivity index (χ1n) is 9.82. The smallest absolute Gasteiger partial charge is 0.253 e. The first kappa shape index (κ1) is 20.7. The van der Waals surface area contributed by atoms with Crippen LogP contribution in [-0.2, 0) is 17.8 Å². The van der Waals surface area contributed by atoms with Crippen molar-refractivity contribution in [2.45, 2.75) is 19.9 Å². The van der Waals surface area contributed by atoms with E-state index in [1.165, 1.54) is 0 Å². The minimum atomic E-state index is -0.203. The van der Waals surface area contributed by atoms with Crippen LogP contribution in [0.25, 0.3) is 0 Å². The summed E-state index contributed by atoms with van der Waals surface area (Å²) < 4.78 is 11.1. The monoisotopic (exact) mass is 396 g/mol. The number of amides is 2. The lowest BCUT2D eigenvalue weighted by Gasteiger charge is -2.30. The van der Waals surface area contributed by atoms with Crippen LogP contribution in [0.5, 0.6) is 11.5 Å². The molecule has 1 unspecified atom stereocenters. The molecule has 3 rings (SSSR count). The van der Waals surface area contributed by atoms with Crippen molar-refractivity contribution >= 4 is 11.8 Å². The molecule has 0 N–H and O–H groups in total. The predicted octanol–water partition coefficient (Wildman–Crippen LogP) is 3.00. The molecule has 1 atom stereocenters. The molecular formula is C23H28N2O4. The third-order valence-electron chi connectivity index (χ3n) is 5.20. The maximum absolute atomic E-state index is 13.1. The maximum Gasteiger partial charge on any atom is 0.253 e. The Morgan fingerprint density at radius 1 is 1.14 bits per heavy atom. The average Bonchev–Trinajstić information content (AvgIpc) is 2.76. The number of benzene rings is 2. The number of rotatable bonds is 6. The Hall–Kier alpha value is -3.02. The van der Waals surface area contributed by atoms with Crippen LogP contribution in [0.15, 0.2) is 42.5 Å². The normalized spacial score (nSPS) is 15.1. The standard InChI is InChI=1S/C23H28N2O4/c1-5-25(14-16-6-8-17(9-7-16)22(26)24(2)3)23(27)19-12-18-10-11-20(28-4)13-21(18)29-15-19/h6-11,13,19H,5,12,14-15H2,1-4H3. The van der Waals surface area contributed by atoms with Gasteiger partial charge < -0.3 is 19.3 Å². The van der Waals surface area contributed by atoms with Gasteiger partial charge in [-0.1, -0.05) is 18.2 Å². The molecule has 0 radical (unpaired) electrons. The minimum Gasteiger partial charge on any atom is -0.497 e. The van der Waals surface area contributed by atoms with Gasteiger partial charge in [0.2, 0.25) is 5.91 Å². The summed E-state index contributed by atoms with van der Waals surface area (Å²) in [6, 6.07) is 13.2. The van der Waals surface area contributed by atoms with Gasteiger partial charge in [0.15, 0.2) is 0 Å². The van der Waals surface area contributed by atoms with Crippen LogP contribution >= 0.6 is 0 Å². The second kappa shape index (κ2) is 8.99. The van der Waals surface area contributed by atoms with Crippen molar-refractivity contribution in [3.05, 3.63) is 59.2 Å². The Balaban J connectivity index is 1.67. The third kappa shape index (κ3) is 4.70. The number of methoxy groups -OCH3 is 1. The lowest BCUT2D eigenvalue weighted by Crippen LogP contribution is -2.40. The zero-order chi connectivity index (χ0) is 21.0. The maximum atomic E-state index is 13.1. The van der Waals surface area contributed by atoms with Crippen LogP contribution in [0, 0.1) is 5.92 Å². The van der Waals surface area contributed by atoms with E-state index in [1.54, 1.807) is 26.1 Å². The number of ether oxygens (including phenoxy) is 2. The highest BCUT2D eigenvalue weighted by Crippen LogP contribution is 2.31. The Kier molecular flexibility index (Phi) is 6.42. The van der Waals surface area contributed by atoms with Gasteiger partial charge in [-0.05, 0) is 42.7 Å². The van der Waals surface area contributed by atoms with Gasteiger partial charge in [-0.15, -0.1) is 0 Å². The summed E-state index contributed by atoms with van der Waals surface area (Å²) in [4.78, 5) is 28.5. The van der Waals surface area contributed by atoms with E-state index in [0.717, 1.165) is 22.6 Å². The lowest BCUT2D eigenvalue weighted by molar-refractivity contribution is -0.137. The first-order valence-corrected chi connectivity index (χ1v) is 9.82. The predicted molar refractivity (Wildman–Crippen MR) is 111 cm³/mol. The summed E-state index contributed by atoms with van der Waals surface area (Å²) in [7, 11) is 5.08. The van der Waals surface area contributed by atoms with E-state index >= 15 is 0 Å². The summed E-state index contributed by atoms with van der Waals surface area (Å²) in [5, 5.41) is 0. The van der Waals surface area contributed by atoms with E-state index in [-0.39, 0.29) is 17.7 Å². The van der Waals surface area contributed by atoms with Crippen LogP contribution in [0.4, 0.5) is 0 Å².